The highest BCUT2D eigenvalue weighted by atomic mass is 32.2. The summed E-state index contributed by atoms with van der Waals surface area (Å²) in [6, 6.07) is 16.8. The van der Waals surface area contributed by atoms with Crippen molar-refractivity contribution in [1.29, 1.82) is 0 Å². The molecule has 13 heteroatoms. The van der Waals surface area contributed by atoms with E-state index in [-0.39, 0.29) is 22.5 Å². The van der Waals surface area contributed by atoms with Gasteiger partial charge in [-0.1, -0.05) is 6.07 Å². The van der Waals surface area contributed by atoms with E-state index in [9.17, 15) is 28.2 Å². The van der Waals surface area contributed by atoms with Gasteiger partial charge in [0, 0.05) is 17.4 Å². The predicted molar refractivity (Wildman–Crippen MR) is 156 cm³/mol. The monoisotopic (exact) mass is 592 g/mol. The number of hydrogen-bond donors (Lipinski definition) is 4. The summed E-state index contributed by atoms with van der Waals surface area (Å²) in [6.45, 7) is 1.77. The van der Waals surface area contributed by atoms with Gasteiger partial charge >= 0.3 is 11.9 Å². The molecular weight excluding hydrogens is 568 g/mol. The second kappa shape index (κ2) is 10.7. The second-order valence-corrected chi connectivity index (χ2v) is 11.6. The Labute approximate surface area is 240 Å². The molecular formula is C28H24N4O7S2. The lowest BCUT2D eigenvalue weighted by atomic mass is 10.0. The van der Waals surface area contributed by atoms with E-state index in [1.165, 1.54) is 12.1 Å². The number of rotatable bonds is 8. The lowest BCUT2D eigenvalue weighted by Gasteiger charge is -2.26. The van der Waals surface area contributed by atoms with E-state index in [2.05, 4.69) is 15.0 Å². The number of aromatic nitrogens is 1. The van der Waals surface area contributed by atoms with Crippen LogP contribution in [0.3, 0.4) is 0 Å². The van der Waals surface area contributed by atoms with Gasteiger partial charge in [0.15, 0.2) is 5.11 Å². The van der Waals surface area contributed by atoms with E-state index in [1.54, 1.807) is 49.5 Å². The molecule has 11 nitrogen and oxygen atoms in total. The Morgan fingerprint density at radius 1 is 1.02 bits per heavy atom. The largest absolute Gasteiger partial charge is 0.478 e. The molecule has 2 aromatic heterocycles. The Morgan fingerprint density at radius 3 is 2.32 bits per heavy atom. The summed E-state index contributed by atoms with van der Waals surface area (Å²) in [4.78, 5) is 29.6. The SMILES string of the molecule is Cc1cc(N2C(=S)N[C@@H](c3ccccn3)[C@H]2c2ccc(-c3cc(C(=O)O)cc(C(=O)O)c3)o2)ccc1NS(C)(=O)=O. The third-order valence-electron chi connectivity index (χ3n) is 6.51. The van der Waals surface area contributed by atoms with Crippen molar-refractivity contribution in [3.63, 3.8) is 0 Å². The third-order valence-corrected chi connectivity index (χ3v) is 7.42. The van der Waals surface area contributed by atoms with Crippen molar-refractivity contribution in [1.82, 2.24) is 10.3 Å². The number of sulfonamides is 1. The fourth-order valence-corrected chi connectivity index (χ4v) is 5.69. The zero-order valence-corrected chi connectivity index (χ0v) is 23.4. The number of hydrogen-bond acceptors (Lipinski definition) is 7. The number of anilines is 2. The minimum atomic E-state index is -3.48. The third kappa shape index (κ3) is 5.76. The standard InChI is InChI=1S/C28H24N4O7S2/c1-15-11-19(6-7-20(15)31-41(2,37)38)32-25(24(30-28(32)40)21-5-3-4-10-29-21)23-9-8-22(39-23)16-12-17(26(33)34)14-18(13-16)27(35)36/h3-14,24-25,31H,1-2H3,(H,30,40)(H,33,34)(H,35,36)/t24-,25+/m0/s1. The van der Waals surface area contributed by atoms with Gasteiger partial charge in [0.1, 0.15) is 17.6 Å². The molecule has 2 atom stereocenters. The number of carboxylic acid groups (broad SMARTS) is 2. The molecule has 0 radical (unpaired) electrons. The fraction of sp³-hybridized carbons (Fsp3) is 0.143. The minimum absolute atomic E-state index is 0.187. The van der Waals surface area contributed by atoms with Crippen molar-refractivity contribution in [3.05, 3.63) is 101 Å². The van der Waals surface area contributed by atoms with E-state index >= 15 is 0 Å². The molecule has 3 heterocycles. The molecule has 5 rings (SSSR count). The first kappa shape index (κ1) is 27.8. The van der Waals surface area contributed by atoms with Gasteiger partial charge in [0.05, 0.1) is 34.8 Å². The highest BCUT2D eigenvalue weighted by Crippen LogP contribution is 2.43. The number of aryl methyl sites for hydroxylation is 1. The number of carboxylic acids is 2. The van der Waals surface area contributed by atoms with Gasteiger partial charge in [-0.05, 0) is 85.4 Å². The van der Waals surface area contributed by atoms with Crippen LogP contribution in [0.15, 0.2) is 77.3 Å². The highest BCUT2D eigenvalue weighted by Gasteiger charge is 2.42. The van der Waals surface area contributed by atoms with Crippen LogP contribution in [-0.2, 0) is 10.0 Å². The lowest BCUT2D eigenvalue weighted by molar-refractivity contribution is 0.0696. The number of pyridine rings is 1. The first-order chi connectivity index (χ1) is 19.4. The molecule has 1 aliphatic rings. The predicted octanol–water partition coefficient (Wildman–Crippen LogP) is 4.60. The zero-order chi connectivity index (χ0) is 29.5. The van der Waals surface area contributed by atoms with Crippen LogP contribution < -0.4 is 14.9 Å². The van der Waals surface area contributed by atoms with Crippen LogP contribution in [0.5, 0.6) is 0 Å². The smallest absolute Gasteiger partial charge is 0.335 e. The summed E-state index contributed by atoms with van der Waals surface area (Å²) in [5, 5.41) is 22.7. The number of furan rings is 1. The lowest BCUT2D eigenvalue weighted by Crippen LogP contribution is -2.29. The maximum atomic E-state index is 11.8. The van der Waals surface area contributed by atoms with Crippen LogP contribution in [0.4, 0.5) is 11.4 Å². The molecule has 41 heavy (non-hydrogen) atoms. The molecule has 1 saturated heterocycles. The van der Waals surface area contributed by atoms with E-state index in [1.807, 2.05) is 17.0 Å². The van der Waals surface area contributed by atoms with Crippen LogP contribution in [0.1, 0.15) is 49.8 Å². The number of thiocarbonyl (C=S) groups is 1. The van der Waals surface area contributed by atoms with Crippen LogP contribution in [0.2, 0.25) is 0 Å². The molecule has 1 aliphatic heterocycles. The Hall–Kier alpha value is -4.75. The fourth-order valence-electron chi connectivity index (χ4n) is 4.72. The Balaban J connectivity index is 1.60. The Bertz CT molecular complexity index is 1760. The molecule has 2 aromatic carbocycles. The number of benzene rings is 2. The van der Waals surface area contributed by atoms with E-state index < -0.39 is 34.0 Å². The molecule has 0 saturated carbocycles. The number of nitrogens with one attached hydrogen (secondary N) is 2. The molecule has 1 fully saturated rings. The maximum Gasteiger partial charge on any atom is 0.335 e. The molecule has 4 N–H and O–H groups in total. The van der Waals surface area contributed by atoms with Crippen molar-refractivity contribution in [3.8, 4) is 11.3 Å². The summed E-state index contributed by atoms with van der Waals surface area (Å²) < 4.78 is 32.3. The molecule has 0 spiro atoms. The van der Waals surface area contributed by atoms with Crippen molar-refractivity contribution >= 4 is 50.7 Å². The first-order valence-corrected chi connectivity index (χ1v) is 14.5. The van der Waals surface area contributed by atoms with E-state index in [0.717, 1.165) is 12.3 Å². The molecule has 0 amide bonds. The average Bonchev–Trinajstić information content (AvgIpc) is 3.54. The molecule has 0 aliphatic carbocycles. The summed E-state index contributed by atoms with van der Waals surface area (Å²) >= 11 is 5.74. The van der Waals surface area contributed by atoms with Gasteiger partial charge in [-0.15, -0.1) is 0 Å². The summed E-state index contributed by atoms with van der Waals surface area (Å²) in [5.41, 5.74) is 2.37. The topological polar surface area (TPSA) is 162 Å². The number of carbonyl (C=O) groups is 2. The molecule has 4 aromatic rings. The van der Waals surface area contributed by atoms with Crippen LogP contribution in [-0.4, -0.2) is 46.9 Å². The van der Waals surface area contributed by atoms with Crippen molar-refractivity contribution in [2.45, 2.75) is 19.0 Å². The Morgan fingerprint density at radius 2 is 1.73 bits per heavy atom. The average molecular weight is 593 g/mol. The number of aromatic carboxylic acids is 2. The van der Waals surface area contributed by atoms with Gasteiger partial charge in [-0.2, -0.15) is 0 Å². The summed E-state index contributed by atoms with van der Waals surface area (Å²) in [7, 11) is -3.48. The van der Waals surface area contributed by atoms with Crippen LogP contribution >= 0.6 is 12.2 Å². The zero-order valence-electron chi connectivity index (χ0n) is 21.7. The molecule has 0 unspecified atom stereocenters. The highest BCUT2D eigenvalue weighted by molar-refractivity contribution is 7.92. The van der Waals surface area contributed by atoms with Crippen molar-refractivity contribution < 1.29 is 32.6 Å². The second-order valence-electron chi connectivity index (χ2n) is 9.48. The van der Waals surface area contributed by atoms with Crippen LogP contribution in [0, 0.1) is 6.92 Å². The van der Waals surface area contributed by atoms with Crippen molar-refractivity contribution in [2.75, 3.05) is 15.9 Å². The van der Waals surface area contributed by atoms with Gasteiger partial charge < -0.3 is 24.8 Å². The summed E-state index contributed by atoms with van der Waals surface area (Å²) in [5.74, 6) is -1.81. The van der Waals surface area contributed by atoms with Gasteiger partial charge in [-0.3, -0.25) is 9.71 Å². The van der Waals surface area contributed by atoms with Gasteiger partial charge in [-0.25, -0.2) is 18.0 Å². The number of nitrogens with zero attached hydrogens (tertiary/aromatic N) is 2. The van der Waals surface area contributed by atoms with Gasteiger partial charge in [0.2, 0.25) is 10.0 Å². The van der Waals surface area contributed by atoms with Crippen molar-refractivity contribution in [2.24, 2.45) is 0 Å². The van der Waals surface area contributed by atoms with E-state index in [4.69, 9.17) is 16.6 Å². The van der Waals surface area contributed by atoms with Gasteiger partial charge in [0.25, 0.3) is 0 Å². The first-order valence-electron chi connectivity index (χ1n) is 12.2. The van der Waals surface area contributed by atoms with Crippen LogP contribution in [0.25, 0.3) is 11.3 Å². The maximum absolute atomic E-state index is 11.8. The van der Waals surface area contributed by atoms with E-state index in [0.29, 0.717) is 33.5 Å². The summed E-state index contributed by atoms with van der Waals surface area (Å²) in [6.07, 6.45) is 2.74. The quantitative estimate of drug-likeness (QED) is 0.212. The normalized spacial score (nSPS) is 16.8. The molecule has 210 valence electrons. The minimum Gasteiger partial charge on any atom is -0.478 e. The molecule has 0 bridgehead atoms. The Kier molecular flexibility index (Phi) is 7.24.